The van der Waals surface area contributed by atoms with E-state index in [0.717, 1.165) is 11.4 Å². The zero-order chi connectivity index (χ0) is 16.4. The van der Waals surface area contributed by atoms with Crippen LogP contribution < -0.4 is 10.9 Å². The van der Waals surface area contributed by atoms with Gasteiger partial charge in [-0.25, -0.2) is 4.98 Å². The highest BCUT2D eigenvalue weighted by atomic mass is 16.2. The van der Waals surface area contributed by atoms with Crippen LogP contribution in [-0.4, -0.2) is 31.5 Å². The summed E-state index contributed by atoms with van der Waals surface area (Å²) < 4.78 is 1.36. The predicted octanol–water partition coefficient (Wildman–Crippen LogP) is 1.09. The summed E-state index contributed by atoms with van der Waals surface area (Å²) in [6, 6.07) is 7.00. The lowest BCUT2D eigenvalue weighted by Crippen LogP contribution is -2.38. The molecule has 0 aliphatic heterocycles. The fourth-order valence-corrected chi connectivity index (χ4v) is 2.43. The van der Waals surface area contributed by atoms with Crippen LogP contribution in [-0.2, 0) is 6.42 Å². The Morgan fingerprint density at radius 3 is 3.00 bits per heavy atom. The highest BCUT2D eigenvalue weighted by molar-refractivity contribution is 5.93. The lowest BCUT2D eigenvalue weighted by Gasteiger charge is -2.12. The van der Waals surface area contributed by atoms with Gasteiger partial charge in [-0.15, -0.1) is 0 Å². The molecule has 0 radical (unpaired) electrons. The molecule has 0 aliphatic rings. The van der Waals surface area contributed by atoms with Gasteiger partial charge in [0.25, 0.3) is 11.5 Å². The highest BCUT2D eigenvalue weighted by Crippen LogP contribution is 2.03. The molecule has 3 heterocycles. The van der Waals surface area contributed by atoms with Crippen LogP contribution in [0, 0.1) is 6.92 Å². The molecule has 0 fully saturated rings. The summed E-state index contributed by atoms with van der Waals surface area (Å²) in [6.07, 6.45) is 3.49. The summed E-state index contributed by atoms with van der Waals surface area (Å²) in [5, 5.41) is 9.82. The van der Waals surface area contributed by atoms with Gasteiger partial charge in [0, 0.05) is 30.6 Å². The fraction of sp³-hybridized carbons (Fsp3) is 0.250. The van der Waals surface area contributed by atoms with Crippen molar-refractivity contribution in [3.63, 3.8) is 0 Å². The first kappa shape index (κ1) is 15.0. The van der Waals surface area contributed by atoms with E-state index in [-0.39, 0.29) is 17.2 Å². The second-order valence-corrected chi connectivity index (χ2v) is 5.53. The molecule has 7 nitrogen and oxygen atoms in total. The zero-order valence-electron chi connectivity index (χ0n) is 12.9. The Hall–Kier alpha value is -2.96. The number of H-pyrrole nitrogens is 1. The van der Waals surface area contributed by atoms with Crippen LogP contribution in [0.5, 0.6) is 0 Å². The normalized spacial score (nSPS) is 12.3. The monoisotopic (exact) mass is 311 g/mol. The van der Waals surface area contributed by atoms with Gasteiger partial charge in [-0.05, 0) is 32.0 Å². The van der Waals surface area contributed by atoms with Crippen molar-refractivity contribution in [2.75, 3.05) is 0 Å². The van der Waals surface area contributed by atoms with Gasteiger partial charge in [0.05, 0.1) is 5.69 Å². The maximum atomic E-state index is 12.4. The number of rotatable bonds is 4. The molecule has 3 aromatic heterocycles. The van der Waals surface area contributed by atoms with E-state index in [0.29, 0.717) is 12.1 Å². The topological polar surface area (TPSA) is 92.2 Å². The lowest BCUT2D eigenvalue weighted by molar-refractivity contribution is 0.0938. The van der Waals surface area contributed by atoms with E-state index < -0.39 is 5.91 Å². The van der Waals surface area contributed by atoms with E-state index in [1.807, 2.05) is 19.9 Å². The van der Waals surface area contributed by atoms with Crippen molar-refractivity contribution in [2.24, 2.45) is 0 Å². The molecule has 0 spiro atoms. The first-order valence-corrected chi connectivity index (χ1v) is 7.33. The van der Waals surface area contributed by atoms with Crippen LogP contribution in [0.25, 0.3) is 5.65 Å². The van der Waals surface area contributed by atoms with Gasteiger partial charge in [0.2, 0.25) is 0 Å². The van der Waals surface area contributed by atoms with Gasteiger partial charge in [-0.1, -0.05) is 6.07 Å². The van der Waals surface area contributed by atoms with Crippen LogP contribution >= 0.6 is 0 Å². The van der Waals surface area contributed by atoms with Gasteiger partial charge in [0.1, 0.15) is 11.2 Å². The van der Waals surface area contributed by atoms with Crippen molar-refractivity contribution in [1.82, 2.24) is 24.9 Å². The molecular weight excluding hydrogens is 294 g/mol. The summed E-state index contributed by atoms with van der Waals surface area (Å²) in [5.74, 6) is -0.430. The maximum Gasteiger partial charge on any atom is 0.270 e. The van der Waals surface area contributed by atoms with Crippen LogP contribution in [0.4, 0.5) is 0 Å². The molecule has 0 bridgehead atoms. The third kappa shape index (κ3) is 3.13. The number of hydrogen-bond donors (Lipinski definition) is 2. The average molecular weight is 311 g/mol. The number of nitrogens with one attached hydrogen (secondary N) is 2. The standard InChI is InChI=1S/C16H17N5O2/c1-10(7-12-8-11(2)19-20-12)18-15(22)13-9-17-14-5-3-4-6-21(14)16(13)23/h3-6,8-10H,7H2,1-2H3,(H,18,22)(H,19,20). The third-order valence-electron chi connectivity index (χ3n) is 3.51. The van der Waals surface area contributed by atoms with Crippen molar-refractivity contribution in [2.45, 2.75) is 26.3 Å². The molecule has 1 unspecified atom stereocenters. The number of carbonyl (C=O) groups is 1. The molecule has 0 aliphatic carbocycles. The number of aryl methyl sites for hydroxylation is 1. The van der Waals surface area contributed by atoms with Crippen molar-refractivity contribution in [1.29, 1.82) is 0 Å². The van der Waals surface area contributed by atoms with Crippen molar-refractivity contribution in [3.05, 3.63) is 64.0 Å². The molecular formula is C16H17N5O2. The molecule has 0 saturated carbocycles. The van der Waals surface area contributed by atoms with Gasteiger partial charge in [-0.2, -0.15) is 5.10 Å². The smallest absolute Gasteiger partial charge is 0.270 e. The molecule has 0 saturated heterocycles. The number of aromatic amines is 1. The number of amides is 1. The predicted molar refractivity (Wildman–Crippen MR) is 85.4 cm³/mol. The van der Waals surface area contributed by atoms with Crippen LogP contribution in [0.15, 0.2) is 41.5 Å². The van der Waals surface area contributed by atoms with E-state index in [1.165, 1.54) is 10.6 Å². The van der Waals surface area contributed by atoms with E-state index in [9.17, 15) is 9.59 Å². The van der Waals surface area contributed by atoms with Crippen LogP contribution in [0.3, 0.4) is 0 Å². The zero-order valence-corrected chi connectivity index (χ0v) is 12.9. The van der Waals surface area contributed by atoms with Crippen molar-refractivity contribution in [3.8, 4) is 0 Å². The van der Waals surface area contributed by atoms with Crippen molar-refractivity contribution >= 4 is 11.6 Å². The molecule has 118 valence electrons. The van der Waals surface area contributed by atoms with Crippen LogP contribution in [0.1, 0.15) is 28.7 Å². The Balaban J connectivity index is 1.78. The molecule has 3 rings (SSSR count). The molecule has 2 N–H and O–H groups in total. The summed E-state index contributed by atoms with van der Waals surface area (Å²) >= 11 is 0. The molecule has 1 atom stereocenters. The molecule has 7 heteroatoms. The Kier molecular flexibility index (Phi) is 3.92. The Labute approximate surface area is 132 Å². The average Bonchev–Trinajstić information content (AvgIpc) is 2.92. The van der Waals surface area contributed by atoms with E-state index in [1.54, 1.807) is 24.4 Å². The number of carbonyl (C=O) groups excluding carboxylic acids is 1. The summed E-state index contributed by atoms with van der Waals surface area (Å²) in [5.41, 5.74) is 1.99. The number of aromatic nitrogens is 4. The summed E-state index contributed by atoms with van der Waals surface area (Å²) in [4.78, 5) is 28.8. The lowest BCUT2D eigenvalue weighted by atomic mass is 10.1. The third-order valence-corrected chi connectivity index (χ3v) is 3.51. The number of fused-ring (bicyclic) bond motifs is 1. The number of nitrogens with zero attached hydrogens (tertiary/aromatic N) is 3. The minimum atomic E-state index is -0.430. The first-order valence-electron chi connectivity index (χ1n) is 7.33. The van der Waals surface area contributed by atoms with E-state index in [2.05, 4.69) is 20.5 Å². The summed E-state index contributed by atoms with van der Waals surface area (Å²) in [7, 11) is 0. The molecule has 1 amide bonds. The molecule has 23 heavy (non-hydrogen) atoms. The van der Waals surface area contributed by atoms with E-state index >= 15 is 0 Å². The number of hydrogen-bond acceptors (Lipinski definition) is 4. The summed E-state index contributed by atoms with van der Waals surface area (Å²) in [6.45, 7) is 3.79. The highest BCUT2D eigenvalue weighted by Gasteiger charge is 2.16. The Morgan fingerprint density at radius 2 is 2.26 bits per heavy atom. The largest absolute Gasteiger partial charge is 0.349 e. The van der Waals surface area contributed by atoms with Crippen molar-refractivity contribution < 1.29 is 4.79 Å². The SMILES string of the molecule is Cc1cc(CC(C)NC(=O)c2cnc3ccccn3c2=O)n[nH]1. The second-order valence-electron chi connectivity index (χ2n) is 5.53. The molecule has 0 aromatic carbocycles. The Morgan fingerprint density at radius 1 is 1.43 bits per heavy atom. The maximum absolute atomic E-state index is 12.4. The quantitative estimate of drug-likeness (QED) is 0.754. The van der Waals surface area contributed by atoms with Gasteiger partial charge in [-0.3, -0.25) is 19.1 Å². The first-order chi connectivity index (χ1) is 11.0. The van der Waals surface area contributed by atoms with E-state index in [4.69, 9.17) is 0 Å². The van der Waals surface area contributed by atoms with Gasteiger partial charge in [0.15, 0.2) is 0 Å². The Bertz CT molecular complexity index is 912. The fourth-order valence-electron chi connectivity index (χ4n) is 2.43. The second kappa shape index (κ2) is 6.04. The number of pyridine rings is 1. The minimum Gasteiger partial charge on any atom is -0.349 e. The van der Waals surface area contributed by atoms with Gasteiger partial charge >= 0.3 is 0 Å². The van der Waals surface area contributed by atoms with Gasteiger partial charge < -0.3 is 5.32 Å². The molecule has 3 aromatic rings. The van der Waals surface area contributed by atoms with Crippen LogP contribution in [0.2, 0.25) is 0 Å². The minimum absolute atomic E-state index is 0.0266.